The maximum atomic E-state index is 12.2. The SMILES string of the molecule is COc1cc(N)cc(CS(=O)(=O)Cc2ccccc2)c1. The summed E-state index contributed by atoms with van der Waals surface area (Å²) in [7, 11) is -1.72. The molecular weight excluding hydrogens is 274 g/mol. The number of nitrogens with two attached hydrogens (primary N) is 1. The van der Waals surface area contributed by atoms with Crippen LogP contribution in [0.5, 0.6) is 5.75 Å². The zero-order chi connectivity index (χ0) is 14.6. The number of anilines is 1. The monoisotopic (exact) mass is 291 g/mol. The fourth-order valence-corrected chi connectivity index (χ4v) is 3.50. The zero-order valence-corrected chi connectivity index (χ0v) is 12.1. The Hall–Kier alpha value is -2.01. The minimum absolute atomic E-state index is 0.0188. The number of benzene rings is 2. The van der Waals surface area contributed by atoms with Crippen molar-refractivity contribution in [3.63, 3.8) is 0 Å². The summed E-state index contributed by atoms with van der Waals surface area (Å²) in [5.74, 6) is 0.531. The van der Waals surface area contributed by atoms with Crippen molar-refractivity contribution < 1.29 is 13.2 Å². The molecular formula is C15H17NO3S. The molecule has 0 atom stereocenters. The number of rotatable bonds is 5. The third-order valence-electron chi connectivity index (χ3n) is 2.84. The molecule has 0 radical (unpaired) electrons. The maximum Gasteiger partial charge on any atom is 0.158 e. The Morgan fingerprint density at radius 1 is 1.00 bits per heavy atom. The third kappa shape index (κ3) is 3.99. The summed E-state index contributed by atoms with van der Waals surface area (Å²) in [5.41, 5.74) is 7.64. The van der Waals surface area contributed by atoms with Crippen molar-refractivity contribution in [2.45, 2.75) is 11.5 Å². The first-order valence-electron chi connectivity index (χ1n) is 6.16. The molecule has 4 nitrogen and oxygen atoms in total. The second kappa shape index (κ2) is 5.96. The Morgan fingerprint density at radius 3 is 2.30 bits per heavy atom. The predicted molar refractivity (Wildman–Crippen MR) is 80.2 cm³/mol. The molecule has 0 aromatic heterocycles. The molecule has 0 saturated heterocycles. The molecule has 0 aliphatic rings. The minimum Gasteiger partial charge on any atom is -0.497 e. The van der Waals surface area contributed by atoms with Gasteiger partial charge in [0, 0.05) is 11.8 Å². The van der Waals surface area contributed by atoms with Gasteiger partial charge >= 0.3 is 0 Å². The van der Waals surface area contributed by atoms with E-state index < -0.39 is 9.84 Å². The van der Waals surface area contributed by atoms with Crippen LogP contribution in [-0.2, 0) is 21.3 Å². The van der Waals surface area contributed by atoms with Crippen LogP contribution in [0.2, 0.25) is 0 Å². The molecule has 0 spiro atoms. The van der Waals surface area contributed by atoms with E-state index in [0.29, 0.717) is 17.0 Å². The summed E-state index contributed by atoms with van der Waals surface area (Å²) in [5, 5.41) is 0. The van der Waals surface area contributed by atoms with Gasteiger partial charge in [0.05, 0.1) is 18.6 Å². The molecule has 2 aromatic rings. The molecule has 2 N–H and O–H groups in total. The lowest BCUT2D eigenvalue weighted by atomic mass is 10.2. The van der Waals surface area contributed by atoms with Crippen LogP contribution in [0.15, 0.2) is 48.5 Å². The molecule has 0 aliphatic carbocycles. The third-order valence-corrected chi connectivity index (χ3v) is 4.39. The minimum atomic E-state index is -3.24. The van der Waals surface area contributed by atoms with E-state index in [2.05, 4.69) is 0 Å². The lowest BCUT2D eigenvalue weighted by molar-refractivity contribution is 0.414. The topological polar surface area (TPSA) is 69.4 Å². The number of nitrogen functional groups attached to an aromatic ring is 1. The lowest BCUT2D eigenvalue weighted by Gasteiger charge is -2.08. The average Bonchev–Trinajstić information content (AvgIpc) is 2.37. The van der Waals surface area contributed by atoms with Crippen molar-refractivity contribution in [1.29, 1.82) is 0 Å². The van der Waals surface area contributed by atoms with Crippen molar-refractivity contribution in [1.82, 2.24) is 0 Å². The van der Waals surface area contributed by atoms with E-state index in [0.717, 1.165) is 5.56 Å². The molecule has 2 aromatic carbocycles. The number of hydrogen-bond donors (Lipinski definition) is 1. The predicted octanol–water partition coefficient (Wildman–Crippen LogP) is 2.39. The number of sulfone groups is 1. The first-order chi connectivity index (χ1) is 9.48. The highest BCUT2D eigenvalue weighted by Crippen LogP contribution is 2.21. The van der Waals surface area contributed by atoms with Gasteiger partial charge in [-0.25, -0.2) is 8.42 Å². The number of hydrogen-bond acceptors (Lipinski definition) is 4. The molecule has 0 amide bonds. The Morgan fingerprint density at radius 2 is 1.65 bits per heavy atom. The summed E-state index contributed by atoms with van der Waals surface area (Å²) >= 11 is 0. The van der Waals surface area contributed by atoms with Gasteiger partial charge < -0.3 is 10.5 Å². The van der Waals surface area contributed by atoms with Crippen LogP contribution in [0.3, 0.4) is 0 Å². The summed E-state index contributed by atoms with van der Waals surface area (Å²) in [6.07, 6.45) is 0. The Balaban J connectivity index is 2.18. The molecule has 20 heavy (non-hydrogen) atoms. The van der Waals surface area contributed by atoms with Gasteiger partial charge in [0.2, 0.25) is 0 Å². The van der Waals surface area contributed by atoms with Gasteiger partial charge in [-0.3, -0.25) is 0 Å². The van der Waals surface area contributed by atoms with E-state index in [1.54, 1.807) is 30.3 Å². The van der Waals surface area contributed by atoms with Crippen LogP contribution >= 0.6 is 0 Å². The highest BCUT2D eigenvalue weighted by Gasteiger charge is 2.14. The summed E-state index contributed by atoms with van der Waals surface area (Å²) in [6, 6.07) is 14.1. The molecule has 106 valence electrons. The highest BCUT2D eigenvalue weighted by atomic mass is 32.2. The van der Waals surface area contributed by atoms with Crippen LogP contribution in [0, 0.1) is 0 Å². The van der Waals surface area contributed by atoms with Crippen molar-refractivity contribution in [3.05, 3.63) is 59.7 Å². The molecule has 5 heteroatoms. The van der Waals surface area contributed by atoms with Gasteiger partial charge in [-0.05, 0) is 23.3 Å². The molecule has 0 saturated carbocycles. The van der Waals surface area contributed by atoms with Gasteiger partial charge in [0.25, 0.3) is 0 Å². The molecule has 0 bridgehead atoms. The smallest absolute Gasteiger partial charge is 0.158 e. The van der Waals surface area contributed by atoms with Crippen molar-refractivity contribution >= 4 is 15.5 Å². The fourth-order valence-electron chi connectivity index (χ4n) is 2.02. The van der Waals surface area contributed by atoms with Gasteiger partial charge in [0.15, 0.2) is 9.84 Å². The van der Waals surface area contributed by atoms with E-state index in [4.69, 9.17) is 10.5 Å². The maximum absolute atomic E-state index is 12.2. The largest absolute Gasteiger partial charge is 0.497 e. The summed E-state index contributed by atoms with van der Waals surface area (Å²) < 4.78 is 29.5. The zero-order valence-electron chi connectivity index (χ0n) is 11.2. The van der Waals surface area contributed by atoms with E-state index in [1.165, 1.54) is 7.11 Å². The summed E-state index contributed by atoms with van der Waals surface area (Å²) in [4.78, 5) is 0. The molecule has 0 aliphatic heterocycles. The van der Waals surface area contributed by atoms with Gasteiger partial charge in [-0.1, -0.05) is 30.3 Å². The van der Waals surface area contributed by atoms with Gasteiger partial charge in [0.1, 0.15) is 5.75 Å². The van der Waals surface area contributed by atoms with E-state index in [9.17, 15) is 8.42 Å². The summed E-state index contributed by atoms with van der Waals surface area (Å²) in [6.45, 7) is 0. The van der Waals surface area contributed by atoms with Crippen molar-refractivity contribution in [2.75, 3.05) is 12.8 Å². The second-order valence-corrected chi connectivity index (χ2v) is 6.70. The normalized spacial score (nSPS) is 11.2. The Kier molecular flexibility index (Phi) is 4.29. The van der Waals surface area contributed by atoms with Crippen LogP contribution in [0.1, 0.15) is 11.1 Å². The molecule has 0 unspecified atom stereocenters. The number of methoxy groups -OCH3 is 1. The van der Waals surface area contributed by atoms with Crippen LogP contribution < -0.4 is 10.5 Å². The molecule has 2 rings (SSSR count). The van der Waals surface area contributed by atoms with Crippen molar-refractivity contribution in [2.24, 2.45) is 0 Å². The van der Waals surface area contributed by atoms with E-state index in [1.807, 2.05) is 18.2 Å². The lowest BCUT2D eigenvalue weighted by Crippen LogP contribution is -2.08. The average molecular weight is 291 g/mol. The Bertz CT molecular complexity index is 682. The standard InChI is InChI=1S/C15H17NO3S/c1-19-15-8-13(7-14(16)9-15)11-20(17,18)10-12-5-3-2-4-6-12/h2-9H,10-11,16H2,1H3. The van der Waals surface area contributed by atoms with Crippen LogP contribution in [-0.4, -0.2) is 15.5 Å². The fraction of sp³-hybridized carbons (Fsp3) is 0.200. The van der Waals surface area contributed by atoms with E-state index in [-0.39, 0.29) is 11.5 Å². The second-order valence-electron chi connectivity index (χ2n) is 4.63. The van der Waals surface area contributed by atoms with Crippen LogP contribution in [0.4, 0.5) is 5.69 Å². The quantitative estimate of drug-likeness (QED) is 0.859. The van der Waals surface area contributed by atoms with Gasteiger partial charge in [-0.2, -0.15) is 0 Å². The first-order valence-corrected chi connectivity index (χ1v) is 7.98. The number of ether oxygens (including phenoxy) is 1. The van der Waals surface area contributed by atoms with E-state index >= 15 is 0 Å². The Labute approximate surface area is 119 Å². The van der Waals surface area contributed by atoms with Crippen LogP contribution in [0.25, 0.3) is 0 Å². The first kappa shape index (κ1) is 14.4. The molecule has 0 heterocycles. The van der Waals surface area contributed by atoms with Gasteiger partial charge in [-0.15, -0.1) is 0 Å². The molecule has 0 fully saturated rings. The van der Waals surface area contributed by atoms with Crippen molar-refractivity contribution in [3.8, 4) is 5.75 Å². The highest BCUT2D eigenvalue weighted by molar-refractivity contribution is 7.89.